The number of fused-ring (bicyclic) bond motifs is 16. The summed E-state index contributed by atoms with van der Waals surface area (Å²) >= 11 is 0. The Morgan fingerprint density at radius 2 is 0.475 bits per heavy atom. The van der Waals surface area contributed by atoms with Crippen molar-refractivity contribution in [1.82, 2.24) is 38.2 Å². The molecule has 0 fully saturated rings. The molecule has 0 saturated carbocycles. The van der Waals surface area contributed by atoms with Gasteiger partial charge in [0.05, 0.1) is 66.9 Å². The van der Waals surface area contributed by atoms with Gasteiger partial charge in [-0.05, 0) is 141 Å². The van der Waals surface area contributed by atoms with Crippen LogP contribution in [-0.2, 0) is 0 Å². The molecule has 0 radical (unpaired) electrons. The van der Waals surface area contributed by atoms with Crippen LogP contribution in [0.4, 0.5) is 0 Å². The van der Waals surface area contributed by atoms with Crippen LogP contribution in [0.25, 0.3) is 222 Å². The van der Waals surface area contributed by atoms with Crippen LogP contribution < -0.4 is 0 Å². The Labute approximate surface area is 692 Å². The van der Waals surface area contributed by atoms with E-state index in [0.29, 0.717) is 11.6 Å². The second-order valence-corrected chi connectivity index (χ2v) is 30.8. The Morgan fingerprint density at radius 1 is 0.158 bits per heavy atom. The van der Waals surface area contributed by atoms with Gasteiger partial charge in [-0.2, -0.15) is 0 Å². The maximum atomic E-state index is 5.19. The quantitative estimate of drug-likeness (QED) is 0.122. The van der Waals surface area contributed by atoms with Crippen LogP contribution in [0.15, 0.2) is 437 Å². The van der Waals surface area contributed by atoms with E-state index in [1.807, 2.05) is 36.4 Å². The fourth-order valence-corrected chi connectivity index (χ4v) is 18.4. The van der Waals surface area contributed by atoms with Gasteiger partial charge in [-0.25, -0.2) is 19.9 Å². The molecule has 0 saturated heterocycles. The zero-order valence-electron chi connectivity index (χ0n) is 65.1. The van der Waals surface area contributed by atoms with E-state index in [1.165, 1.54) is 98.4 Å². The molecule has 24 rings (SSSR count). The van der Waals surface area contributed by atoms with E-state index in [9.17, 15) is 0 Å². The summed E-state index contributed by atoms with van der Waals surface area (Å²) in [5.41, 5.74) is 28.6. The lowest BCUT2D eigenvalue weighted by atomic mass is 9.99. The van der Waals surface area contributed by atoms with Gasteiger partial charge < -0.3 is 18.3 Å². The third-order valence-corrected chi connectivity index (χ3v) is 23.8. The van der Waals surface area contributed by atoms with Gasteiger partial charge in [0.25, 0.3) is 0 Å². The van der Waals surface area contributed by atoms with E-state index in [2.05, 4.69) is 419 Å². The molecular weight excluding hydrogens is 1460 g/mol. The van der Waals surface area contributed by atoms with Crippen molar-refractivity contribution in [3.8, 4) is 113 Å². The predicted molar refractivity (Wildman–Crippen MR) is 500 cm³/mol. The number of aromatic nitrogens is 8. The summed E-state index contributed by atoms with van der Waals surface area (Å²) in [6.45, 7) is 0. The second kappa shape index (κ2) is 29.0. The van der Waals surface area contributed by atoms with E-state index >= 15 is 0 Å². The Hall–Kier alpha value is -16.2. The van der Waals surface area contributed by atoms with Gasteiger partial charge in [0.2, 0.25) is 0 Å². The first-order chi connectivity index (χ1) is 59.5. The monoisotopic (exact) mass is 1530 g/mol. The van der Waals surface area contributed by atoms with Gasteiger partial charge in [-0.15, -0.1) is 0 Å². The van der Waals surface area contributed by atoms with Crippen molar-refractivity contribution in [3.63, 3.8) is 0 Å². The van der Waals surface area contributed by atoms with Crippen LogP contribution in [0, 0.1) is 0 Å². The molecule has 0 aliphatic rings. The average Bonchev–Trinajstić information content (AvgIpc) is 1.55. The normalized spacial score (nSPS) is 11.7. The maximum Gasteiger partial charge on any atom is 0.161 e. The molecule has 8 nitrogen and oxygen atoms in total. The highest BCUT2D eigenvalue weighted by Crippen LogP contribution is 2.47. The largest absolute Gasteiger partial charge is 0.309 e. The first kappa shape index (κ1) is 69.4. The van der Waals surface area contributed by atoms with Crippen molar-refractivity contribution in [3.05, 3.63) is 437 Å². The highest BCUT2D eigenvalue weighted by atomic mass is 15.0. The average molecular weight is 1530 g/mol. The molecule has 0 unspecified atom stereocenters. The number of nitrogens with zero attached hydrogens (tertiary/aromatic N) is 8. The fraction of sp³-hybridized carbons (Fsp3) is 0. The van der Waals surface area contributed by atoms with Crippen molar-refractivity contribution in [2.75, 3.05) is 0 Å². The Balaban J connectivity index is 0.000000140. The molecule has 6 aromatic heterocycles. The first-order valence-electron chi connectivity index (χ1n) is 40.8. The minimum atomic E-state index is 0.706. The number of rotatable bonds is 12. The van der Waals surface area contributed by atoms with E-state index in [4.69, 9.17) is 19.9 Å². The molecule has 560 valence electrons. The molecule has 24 aromatic rings. The standard InChI is InChI=1S/2C56H36N4/c1-4-16-37(17-5-1)40-22-14-24-42(34-40)60-51-28-12-10-25-46(51)47-32-33-53-54(55(47)60)48-26-11-13-29-52(48)59(53)43-30-31-44-41(35-43)23-15-27-45(44)50-36-49(38-18-6-2-7-19-38)57-56(58-50)39-20-8-3-9-21-39;1-4-16-37(17-5-1)40-22-14-24-42(34-40)60-51-28-12-10-25-45(51)46-32-33-53-54(55(46)60)48-26-11-13-29-52(48)59(53)43-30-31-44-41(35-43)23-15-27-47(44)56-57-49(38-18-6-2-7-19-38)36-50(58-56)39-20-8-3-9-21-39/h2*1-36H. The maximum absolute atomic E-state index is 5.19. The second-order valence-electron chi connectivity index (χ2n) is 30.8. The Morgan fingerprint density at radius 3 is 0.917 bits per heavy atom. The molecule has 0 aliphatic heterocycles. The van der Waals surface area contributed by atoms with Crippen LogP contribution in [0.2, 0.25) is 0 Å². The van der Waals surface area contributed by atoms with Crippen LogP contribution in [0.1, 0.15) is 0 Å². The van der Waals surface area contributed by atoms with Crippen molar-refractivity contribution in [1.29, 1.82) is 0 Å². The summed E-state index contributed by atoms with van der Waals surface area (Å²) < 4.78 is 9.80. The number of hydrogen-bond acceptors (Lipinski definition) is 4. The smallest absolute Gasteiger partial charge is 0.161 e. The van der Waals surface area contributed by atoms with Crippen molar-refractivity contribution in [2.24, 2.45) is 0 Å². The summed E-state index contributed by atoms with van der Waals surface area (Å²) in [6.07, 6.45) is 0. The molecule has 18 aromatic carbocycles. The van der Waals surface area contributed by atoms with Crippen LogP contribution in [0.3, 0.4) is 0 Å². The summed E-state index contributed by atoms with van der Waals surface area (Å²) in [6, 6.07) is 156. The summed E-state index contributed by atoms with van der Waals surface area (Å²) in [5, 5.41) is 14.4. The highest BCUT2D eigenvalue weighted by Gasteiger charge is 2.26. The fourth-order valence-electron chi connectivity index (χ4n) is 18.4. The first-order valence-corrected chi connectivity index (χ1v) is 40.8. The van der Waals surface area contributed by atoms with E-state index in [0.717, 1.165) is 111 Å². The highest BCUT2D eigenvalue weighted by molar-refractivity contribution is 6.28. The molecule has 0 spiro atoms. The predicted octanol–water partition coefficient (Wildman–Crippen LogP) is 29.0. The van der Waals surface area contributed by atoms with Crippen LogP contribution in [-0.4, -0.2) is 38.2 Å². The topological polar surface area (TPSA) is 71.3 Å². The number of para-hydroxylation sites is 4. The zero-order valence-corrected chi connectivity index (χ0v) is 65.1. The van der Waals surface area contributed by atoms with Gasteiger partial charge >= 0.3 is 0 Å². The van der Waals surface area contributed by atoms with Crippen LogP contribution in [0.5, 0.6) is 0 Å². The summed E-state index contributed by atoms with van der Waals surface area (Å²) in [7, 11) is 0. The Kier molecular flexibility index (Phi) is 16.7. The molecule has 6 heterocycles. The van der Waals surface area contributed by atoms with Gasteiger partial charge in [0.15, 0.2) is 11.6 Å². The van der Waals surface area contributed by atoms with Gasteiger partial charge in [0, 0.05) is 99.2 Å². The van der Waals surface area contributed by atoms with Gasteiger partial charge in [-0.3, -0.25) is 0 Å². The van der Waals surface area contributed by atoms with Crippen molar-refractivity contribution in [2.45, 2.75) is 0 Å². The summed E-state index contributed by atoms with van der Waals surface area (Å²) in [4.78, 5) is 20.6. The molecule has 0 atom stereocenters. The van der Waals surface area contributed by atoms with Crippen molar-refractivity contribution < 1.29 is 0 Å². The molecule has 0 N–H and O–H groups in total. The molecule has 8 heteroatoms. The minimum absolute atomic E-state index is 0.706. The molecule has 0 amide bonds. The van der Waals surface area contributed by atoms with E-state index < -0.39 is 0 Å². The van der Waals surface area contributed by atoms with E-state index in [1.54, 1.807) is 0 Å². The number of benzene rings is 18. The zero-order chi connectivity index (χ0) is 79.1. The molecule has 120 heavy (non-hydrogen) atoms. The molecule has 0 aliphatic carbocycles. The number of hydrogen-bond donors (Lipinski definition) is 0. The van der Waals surface area contributed by atoms with Crippen molar-refractivity contribution >= 4 is 109 Å². The molecule has 0 bridgehead atoms. The van der Waals surface area contributed by atoms with Crippen LogP contribution >= 0.6 is 0 Å². The van der Waals surface area contributed by atoms with Gasteiger partial charge in [-0.1, -0.05) is 340 Å². The summed E-state index contributed by atoms with van der Waals surface area (Å²) in [5.74, 6) is 1.42. The molecular formula is C112H72N8. The lowest BCUT2D eigenvalue weighted by Crippen LogP contribution is -1.97. The third-order valence-electron chi connectivity index (χ3n) is 23.8. The third kappa shape index (κ3) is 11.8. The lowest BCUT2D eigenvalue weighted by molar-refractivity contribution is 1.18. The lowest BCUT2D eigenvalue weighted by Gasteiger charge is -2.13. The van der Waals surface area contributed by atoms with E-state index in [-0.39, 0.29) is 0 Å². The Bertz CT molecular complexity index is 7530. The minimum Gasteiger partial charge on any atom is -0.309 e. The van der Waals surface area contributed by atoms with Gasteiger partial charge in [0.1, 0.15) is 0 Å². The SMILES string of the molecule is c1ccc(-c2cccc(-n3c4ccccc4c4ccc5c(c6ccccc6n5-c5ccc6c(-c7cc(-c8ccccc8)nc(-c8ccccc8)n7)cccc6c5)c43)c2)cc1.c1ccc(-c2cccc(-n3c4ccccc4c4ccc5c(c6ccccc6n5-c5ccc6c(-c7nc(-c8ccccc8)cc(-c8ccccc8)n7)cccc6c5)c43)c2)cc1.